The Balaban J connectivity index is 1.91. The summed E-state index contributed by atoms with van der Waals surface area (Å²) in [4.78, 5) is 20.1. The average molecular weight is 339 g/mol. The van der Waals surface area contributed by atoms with Crippen LogP contribution in [0.2, 0.25) is 0 Å². The summed E-state index contributed by atoms with van der Waals surface area (Å²) >= 11 is 0. The van der Waals surface area contributed by atoms with Crippen molar-refractivity contribution in [3.63, 3.8) is 0 Å². The van der Waals surface area contributed by atoms with Crippen molar-refractivity contribution < 1.29 is 9.53 Å². The Morgan fingerprint density at radius 2 is 2.16 bits per heavy atom. The van der Waals surface area contributed by atoms with Gasteiger partial charge in [0.25, 0.3) is 5.91 Å². The topological polar surface area (TPSA) is 47.4 Å². The smallest absolute Gasteiger partial charge is 0.264 e. The van der Waals surface area contributed by atoms with E-state index in [1.54, 1.807) is 4.57 Å². The number of pyridine rings is 1. The average Bonchev–Trinajstić information content (AvgIpc) is 3.14. The molecule has 2 aliphatic heterocycles. The molecule has 25 heavy (non-hydrogen) atoms. The first kappa shape index (κ1) is 16.3. The molecule has 2 aliphatic rings. The zero-order valence-corrected chi connectivity index (χ0v) is 15.4. The monoisotopic (exact) mass is 339 g/mol. The molecule has 0 bridgehead atoms. The first-order valence-electron chi connectivity index (χ1n) is 9.06. The predicted molar refractivity (Wildman–Crippen MR) is 98.1 cm³/mol. The van der Waals surface area contributed by atoms with Crippen molar-refractivity contribution in [2.45, 2.75) is 52.2 Å². The quantitative estimate of drug-likeness (QED) is 0.728. The van der Waals surface area contributed by atoms with E-state index in [1.807, 2.05) is 18.3 Å². The van der Waals surface area contributed by atoms with E-state index in [0.717, 1.165) is 59.7 Å². The van der Waals surface area contributed by atoms with Gasteiger partial charge in [0.1, 0.15) is 11.5 Å². The van der Waals surface area contributed by atoms with Gasteiger partial charge in [0.2, 0.25) is 0 Å². The Morgan fingerprint density at radius 3 is 2.92 bits per heavy atom. The van der Waals surface area contributed by atoms with Crippen molar-refractivity contribution in [2.24, 2.45) is 0 Å². The maximum atomic E-state index is 13.0. The molecule has 0 aliphatic carbocycles. The molecule has 4 heterocycles. The summed E-state index contributed by atoms with van der Waals surface area (Å²) in [5.41, 5.74) is 4.43. The second-order valence-corrected chi connectivity index (χ2v) is 7.68. The third kappa shape index (κ3) is 2.49. The largest absolute Gasteiger partial charge is 0.370 e. The van der Waals surface area contributed by atoms with E-state index in [1.165, 1.54) is 0 Å². The molecule has 5 heteroatoms. The fourth-order valence-electron chi connectivity index (χ4n) is 3.85. The van der Waals surface area contributed by atoms with E-state index in [4.69, 9.17) is 9.72 Å². The van der Waals surface area contributed by atoms with Crippen LogP contribution in [0.4, 0.5) is 5.82 Å². The van der Waals surface area contributed by atoms with E-state index in [2.05, 4.69) is 32.7 Å². The fraction of sp³-hybridized carbons (Fsp3) is 0.500. The minimum atomic E-state index is -0.265. The molecule has 2 aromatic heterocycles. The van der Waals surface area contributed by atoms with Gasteiger partial charge in [-0.15, -0.1) is 0 Å². The number of carbonyl (C=O) groups is 1. The number of aromatic nitrogens is 2. The van der Waals surface area contributed by atoms with Gasteiger partial charge in [-0.3, -0.25) is 9.36 Å². The molecular formula is C20H25N3O2. The Kier molecular flexibility index (Phi) is 3.72. The summed E-state index contributed by atoms with van der Waals surface area (Å²) in [6, 6.07) is 3.88. The molecule has 132 valence electrons. The highest BCUT2D eigenvalue weighted by Gasteiger charge is 2.38. The summed E-state index contributed by atoms with van der Waals surface area (Å²) < 4.78 is 7.77. The van der Waals surface area contributed by atoms with Crippen molar-refractivity contribution in [2.75, 3.05) is 18.5 Å². The van der Waals surface area contributed by atoms with Crippen LogP contribution in [0.1, 0.15) is 55.1 Å². The fourth-order valence-corrected chi connectivity index (χ4v) is 3.85. The van der Waals surface area contributed by atoms with E-state index in [0.29, 0.717) is 6.61 Å². The molecule has 0 radical (unpaired) electrons. The van der Waals surface area contributed by atoms with Gasteiger partial charge in [-0.05, 0) is 38.0 Å². The molecule has 0 saturated carbocycles. The molecule has 0 saturated heterocycles. The van der Waals surface area contributed by atoms with Crippen molar-refractivity contribution in [1.29, 1.82) is 0 Å². The second-order valence-electron chi connectivity index (χ2n) is 7.68. The zero-order chi connectivity index (χ0) is 17.8. The van der Waals surface area contributed by atoms with Crippen LogP contribution in [0.3, 0.4) is 0 Å². The first-order valence-corrected chi connectivity index (χ1v) is 9.06. The van der Waals surface area contributed by atoms with E-state index in [-0.39, 0.29) is 11.5 Å². The summed E-state index contributed by atoms with van der Waals surface area (Å²) in [6.45, 7) is 7.83. The van der Waals surface area contributed by atoms with Crippen molar-refractivity contribution >= 4 is 11.7 Å². The minimum Gasteiger partial charge on any atom is -0.370 e. The van der Waals surface area contributed by atoms with Crippen LogP contribution in [0.5, 0.6) is 0 Å². The van der Waals surface area contributed by atoms with Crippen LogP contribution in [0.25, 0.3) is 11.4 Å². The maximum Gasteiger partial charge on any atom is 0.264 e. The van der Waals surface area contributed by atoms with Crippen LogP contribution in [0, 0.1) is 0 Å². The van der Waals surface area contributed by atoms with Gasteiger partial charge in [-0.25, -0.2) is 4.98 Å². The highest BCUT2D eigenvalue weighted by Crippen LogP contribution is 2.42. The normalized spacial score (nSPS) is 17.2. The molecule has 0 atom stereocenters. The molecule has 0 aromatic carbocycles. The van der Waals surface area contributed by atoms with Crippen molar-refractivity contribution in [3.05, 3.63) is 35.0 Å². The number of hydrogen-bond donors (Lipinski definition) is 0. The second kappa shape index (κ2) is 5.70. The molecule has 5 nitrogen and oxygen atoms in total. The van der Waals surface area contributed by atoms with Crippen LogP contribution >= 0.6 is 0 Å². The number of carbonyl (C=O) groups excluding carboxylic acids is 1. The van der Waals surface area contributed by atoms with Crippen molar-refractivity contribution in [1.82, 2.24) is 9.55 Å². The number of unbranched alkanes of at least 4 members (excludes halogenated alkanes) is 1. The lowest BCUT2D eigenvalue weighted by atomic mass is 9.87. The lowest BCUT2D eigenvalue weighted by molar-refractivity contribution is -0.0400. The third-order valence-corrected chi connectivity index (χ3v) is 5.23. The Bertz CT molecular complexity index is 851. The first-order chi connectivity index (χ1) is 11.9. The van der Waals surface area contributed by atoms with Gasteiger partial charge in [0.15, 0.2) is 0 Å². The lowest BCUT2D eigenvalue weighted by Gasteiger charge is -2.35. The zero-order valence-electron chi connectivity index (χ0n) is 15.4. The molecular weight excluding hydrogens is 314 g/mol. The lowest BCUT2D eigenvalue weighted by Crippen LogP contribution is -2.35. The van der Waals surface area contributed by atoms with E-state index >= 15 is 0 Å². The molecule has 4 rings (SSSR count). The molecule has 0 amide bonds. The molecule has 0 fully saturated rings. The number of anilines is 1. The summed E-state index contributed by atoms with van der Waals surface area (Å²) in [6.07, 6.45) is 4.82. The van der Waals surface area contributed by atoms with Gasteiger partial charge in [0.05, 0.1) is 23.5 Å². The number of rotatable bonds is 4. The van der Waals surface area contributed by atoms with Gasteiger partial charge >= 0.3 is 0 Å². The maximum absolute atomic E-state index is 13.0. The Labute approximate surface area is 148 Å². The Hall–Kier alpha value is -2.14. The van der Waals surface area contributed by atoms with E-state index < -0.39 is 0 Å². The molecule has 2 aromatic rings. The standard InChI is InChI=1S/C20H25N3O2/c1-5-6-9-22(4)18-14-12-25-20(2,3)11-13(14)16-17(21-18)15-8-7-10-23(15)19(16)24/h7-8,10H,5-6,9,11-12H2,1-4H3. The predicted octanol–water partition coefficient (Wildman–Crippen LogP) is 3.64. The number of nitrogens with zero attached hydrogens (tertiary/aromatic N) is 3. The minimum absolute atomic E-state index is 0.0409. The number of hydrogen-bond acceptors (Lipinski definition) is 4. The van der Waals surface area contributed by atoms with Crippen molar-refractivity contribution in [3.8, 4) is 11.4 Å². The molecule has 0 unspecified atom stereocenters. The summed E-state index contributed by atoms with van der Waals surface area (Å²) in [7, 11) is 2.08. The van der Waals surface area contributed by atoms with Crippen LogP contribution < -0.4 is 4.90 Å². The van der Waals surface area contributed by atoms with Crippen LogP contribution in [-0.2, 0) is 17.8 Å². The summed E-state index contributed by atoms with van der Waals surface area (Å²) in [5, 5.41) is 0. The number of fused-ring (bicyclic) bond motifs is 5. The van der Waals surface area contributed by atoms with Gasteiger partial charge in [-0.2, -0.15) is 0 Å². The Morgan fingerprint density at radius 1 is 1.36 bits per heavy atom. The van der Waals surface area contributed by atoms with E-state index in [9.17, 15) is 4.79 Å². The summed E-state index contributed by atoms with van der Waals surface area (Å²) in [5.74, 6) is 0.999. The molecule has 0 N–H and O–H groups in total. The van der Waals surface area contributed by atoms with Gasteiger partial charge in [0, 0.05) is 31.8 Å². The SMILES string of the molecule is CCCCN(C)c1nc2c(c3c1COC(C)(C)C3)C(=O)n1cccc1-2. The number of ether oxygens (including phenoxy) is 1. The van der Waals surface area contributed by atoms with Gasteiger partial charge in [-0.1, -0.05) is 13.3 Å². The third-order valence-electron chi connectivity index (χ3n) is 5.23. The van der Waals surface area contributed by atoms with Crippen LogP contribution in [0.15, 0.2) is 18.3 Å². The highest BCUT2D eigenvalue weighted by molar-refractivity contribution is 6.09. The molecule has 0 spiro atoms. The highest BCUT2D eigenvalue weighted by atomic mass is 16.5. The van der Waals surface area contributed by atoms with Crippen LogP contribution in [-0.4, -0.2) is 34.7 Å². The van der Waals surface area contributed by atoms with Gasteiger partial charge < -0.3 is 9.64 Å².